The number of hydrogen-bond acceptors (Lipinski definition) is 3. The number of nitrogens with two attached hydrogens (primary N) is 1. The van der Waals surface area contributed by atoms with E-state index in [1.54, 1.807) is 6.07 Å². The molecule has 4 heteroatoms. The van der Waals surface area contributed by atoms with Crippen molar-refractivity contribution >= 4 is 0 Å². The molecule has 1 aromatic carbocycles. The van der Waals surface area contributed by atoms with Crippen LogP contribution >= 0.6 is 0 Å². The Morgan fingerprint density at radius 3 is 3.05 bits per heavy atom. The van der Waals surface area contributed by atoms with Crippen LogP contribution in [-0.2, 0) is 4.74 Å². The fraction of sp³-hybridized carbons (Fsp3) is 0.625. The van der Waals surface area contributed by atoms with Crippen molar-refractivity contribution in [1.29, 1.82) is 0 Å². The lowest BCUT2D eigenvalue weighted by molar-refractivity contribution is -0.103. The zero-order chi connectivity index (χ0) is 14.2. The normalized spacial score (nSPS) is 32.8. The molecule has 20 heavy (non-hydrogen) atoms. The first-order valence-electron chi connectivity index (χ1n) is 7.47. The molecule has 1 fully saturated rings. The second-order valence-corrected chi connectivity index (χ2v) is 6.01. The molecule has 2 N–H and O–H groups in total. The van der Waals surface area contributed by atoms with E-state index in [1.807, 2.05) is 0 Å². The minimum absolute atomic E-state index is 0.0836. The van der Waals surface area contributed by atoms with Gasteiger partial charge in [-0.05, 0) is 12.5 Å². The summed E-state index contributed by atoms with van der Waals surface area (Å²) < 4.78 is 25.4. The summed E-state index contributed by atoms with van der Waals surface area (Å²) in [5.41, 5.74) is 6.91. The second-order valence-electron chi connectivity index (χ2n) is 6.01. The van der Waals surface area contributed by atoms with Gasteiger partial charge in [-0.1, -0.05) is 19.4 Å². The lowest BCUT2D eigenvalue weighted by Gasteiger charge is -2.45. The van der Waals surface area contributed by atoms with Gasteiger partial charge < -0.3 is 15.2 Å². The molecule has 2 aliphatic rings. The number of fused-ring (bicyclic) bond motifs is 1. The first kappa shape index (κ1) is 13.8. The van der Waals surface area contributed by atoms with Gasteiger partial charge in [0.2, 0.25) is 0 Å². The van der Waals surface area contributed by atoms with Crippen LogP contribution in [0.4, 0.5) is 4.39 Å². The summed E-state index contributed by atoms with van der Waals surface area (Å²) in [6.45, 7) is 2.85. The molecule has 0 radical (unpaired) electrons. The third kappa shape index (κ3) is 2.54. The molecule has 1 spiro atoms. The predicted molar refractivity (Wildman–Crippen MR) is 75.2 cm³/mol. The van der Waals surface area contributed by atoms with E-state index in [9.17, 15) is 4.39 Å². The molecule has 1 saturated heterocycles. The minimum atomic E-state index is -0.279. The molecule has 0 aliphatic carbocycles. The Bertz CT molecular complexity index is 491. The molecule has 2 aliphatic heterocycles. The topological polar surface area (TPSA) is 44.5 Å². The first-order chi connectivity index (χ1) is 9.62. The molecule has 0 bridgehead atoms. The Kier molecular flexibility index (Phi) is 3.69. The van der Waals surface area contributed by atoms with Crippen molar-refractivity contribution in [1.82, 2.24) is 0 Å². The van der Waals surface area contributed by atoms with E-state index in [1.165, 1.54) is 12.1 Å². The van der Waals surface area contributed by atoms with E-state index in [-0.39, 0.29) is 23.6 Å². The molecule has 3 nitrogen and oxygen atoms in total. The Labute approximate surface area is 119 Å². The van der Waals surface area contributed by atoms with Crippen LogP contribution in [-0.4, -0.2) is 18.3 Å². The molecule has 2 unspecified atom stereocenters. The summed E-state index contributed by atoms with van der Waals surface area (Å²) in [4.78, 5) is 0. The van der Waals surface area contributed by atoms with Crippen LogP contribution in [0.1, 0.15) is 50.6 Å². The summed E-state index contributed by atoms with van der Waals surface area (Å²) in [5.74, 6) is 0.339. The molecule has 3 rings (SSSR count). The quantitative estimate of drug-likeness (QED) is 0.903. The monoisotopic (exact) mass is 279 g/mol. The van der Waals surface area contributed by atoms with Crippen LogP contribution in [0, 0.1) is 5.82 Å². The Balaban J connectivity index is 1.85. The van der Waals surface area contributed by atoms with E-state index in [2.05, 4.69) is 6.92 Å². The van der Waals surface area contributed by atoms with Gasteiger partial charge in [0.15, 0.2) is 0 Å². The molecule has 0 amide bonds. The third-order valence-electron chi connectivity index (χ3n) is 4.42. The summed E-state index contributed by atoms with van der Waals surface area (Å²) >= 11 is 0. The third-order valence-corrected chi connectivity index (χ3v) is 4.42. The summed E-state index contributed by atoms with van der Waals surface area (Å²) in [6, 6.07) is 4.56. The minimum Gasteiger partial charge on any atom is -0.487 e. The van der Waals surface area contributed by atoms with Crippen molar-refractivity contribution < 1.29 is 13.9 Å². The average Bonchev–Trinajstić information content (AvgIpc) is 2.38. The molecular weight excluding hydrogens is 257 g/mol. The number of benzene rings is 1. The molecular formula is C16H22FNO2. The fourth-order valence-electron chi connectivity index (χ4n) is 3.46. The standard InChI is InChI=1S/C16H22FNO2/c1-2-3-12-9-16(6-7-19-12)10-14(18)13-5-4-11(17)8-15(13)20-16/h4-5,8,12,14H,2-3,6-7,9-10,18H2,1H3/t12?,14-,16?/m0/s1. The highest BCUT2D eigenvalue weighted by atomic mass is 19.1. The molecule has 110 valence electrons. The highest BCUT2D eigenvalue weighted by Gasteiger charge is 2.43. The average molecular weight is 279 g/mol. The van der Waals surface area contributed by atoms with E-state index in [0.29, 0.717) is 12.4 Å². The number of rotatable bonds is 2. The molecule has 0 aromatic heterocycles. The lowest BCUT2D eigenvalue weighted by Crippen LogP contribution is -2.49. The fourth-order valence-corrected chi connectivity index (χ4v) is 3.46. The molecule has 2 heterocycles. The van der Waals surface area contributed by atoms with E-state index in [4.69, 9.17) is 15.2 Å². The Morgan fingerprint density at radius 2 is 2.25 bits per heavy atom. The van der Waals surface area contributed by atoms with Gasteiger partial charge in [0.05, 0.1) is 12.7 Å². The highest BCUT2D eigenvalue weighted by Crippen LogP contribution is 2.44. The predicted octanol–water partition coefficient (Wildman–Crippen LogP) is 3.33. The van der Waals surface area contributed by atoms with Gasteiger partial charge >= 0.3 is 0 Å². The van der Waals surface area contributed by atoms with Gasteiger partial charge in [0, 0.05) is 36.9 Å². The molecule has 0 saturated carbocycles. The zero-order valence-electron chi connectivity index (χ0n) is 11.9. The van der Waals surface area contributed by atoms with Gasteiger partial charge in [-0.15, -0.1) is 0 Å². The summed E-state index contributed by atoms with van der Waals surface area (Å²) in [6.07, 6.45) is 4.83. The number of ether oxygens (including phenoxy) is 2. The van der Waals surface area contributed by atoms with Crippen molar-refractivity contribution in [2.75, 3.05) is 6.61 Å². The maximum absolute atomic E-state index is 13.4. The van der Waals surface area contributed by atoms with Crippen molar-refractivity contribution in [2.45, 2.75) is 56.8 Å². The Hall–Kier alpha value is -1.13. The van der Waals surface area contributed by atoms with Crippen LogP contribution in [0.5, 0.6) is 5.75 Å². The smallest absolute Gasteiger partial charge is 0.127 e. The van der Waals surface area contributed by atoms with Gasteiger partial charge in [-0.3, -0.25) is 0 Å². The maximum atomic E-state index is 13.4. The van der Waals surface area contributed by atoms with Gasteiger partial charge in [-0.2, -0.15) is 0 Å². The number of hydrogen-bond donors (Lipinski definition) is 1. The summed E-state index contributed by atoms with van der Waals surface area (Å²) in [7, 11) is 0. The van der Waals surface area contributed by atoms with E-state index in [0.717, 1.165) is 37.7 Å². The van der Waals surface area contributed by atoms with Gasteiger partial charge in [0.25, 0.3) is 0 Å². The summed E-state index contributed by atoms with van der Waals surface area (Å²) in [5, 5.41) is 0. The van der Waals surface area contributed by atoms with E-state index >= 15 is 0 Å². The molecule has 1 aromatic rings. The van der Waals surface area contributed by atoms with E-state index < -0.39 is 0 Å². The highest BCUT2D eigenvalue weighted by molar-refractivity contribution is 5.39. The van der Waals surface area contributed by atoms with Crippen LogP contribution in [0.2, 0.25) is 0 Å². The van der Waals surface area contributed by atoms with Crippen molar-refractivity contribution in [3.63, 3.8) is 0 Å². The van der Waals surface area contributed by atoms with Crippen LogP contribution < -0.4 is 10.5 Å². The zero-order valence-corrected chi connectivity index (χ0v) is 11.9. The van der Waals surface area contributed by atoms with Crippen LogP contribution in [0.15, 0.2) is 18.2 Å². The first-order valence-corrected chi connectivity index (χ1v) is 7.47. The SMILES string of the molecule is CCCC1CC2(CCO1)C[C@H](N)c1ccc(F)cc1O2. The molecule has 3 atom stereocenters. The van der Waals surface area contributed by atoms with Crippen LogP contribution in [0.25, 0.3) is 0 Å². The lowest BCUT2D eigenvalue weighted by atomic mass is 9.79. The maximum Gasteiger partial charge on any atom is 0.127 e. The van der Waals surface area contributed by atoms with Crippen molar-refractivity contribution in [3.8, 4) is 5.75 Å². The Morgan fingerprint density at radius 1 is 1.40 bits per heavy atom. The number of halogens is 1. The van der Waals surface area contributed by atoms with Gasteiger partial charge in [-0.25, -0.2) is 4.39 Å². The second kappa shape index (κ2) is 5.34. The van der Waals surface area contributed by atoms with Gasteiger partial charge in [0.1, 0.15) is 17.2 Å². The van der Waals surface area contributed by atoms with Crippen molar-refractivity contribution in [2.24, 2.45) is 5.73 Å². The largest absolute Gasteiger partial charge is 0.487 e. The van der Waals surface area contributed by atoms with Crippen LogP contribution in [0.3, 0.4) is 0 Å². The van der Waals surface area contributed by atoms with Crippen molar-refractivity contribution in [3.05, 3.63) is 29.6 Å².